The van der Waals surface area contributed by atoms with Crippen LogP contribution in [0.4, 0.5) is 0 Å². The summed E-state index contributed by atoms with van der Waals surface area (Å²) in [7, 11) is 0. The third kappa shape index (κ3) is 4.38. The first-order valence-corrected chi connectivity index (χ1v) is 6.68. The highest BCUT2D eigenvalue weighted by Crippen LogP contribution is 2.34. The van der Waals surface area contributed by atoms with E-state index in [0.717, 1.165) is 18.5 Å². The highest BCUT2D eigenvalue weighted by molar-refractivity contribution is 6.37. The second kappa shape index (κ2) is 7.10. The van der Waals surface area contributed by atoms with E-state index in [9.17, 15) is 0 Å². The minimum Gasteiger partial charge on any atom is -0.491 e. The van der Waals surface area contributed by atoms with Crippen LogP contribution >= 0.6 is 23.2 Å². The van der Waals surface area contributed by atoms with Gasteiger partial charge in [-0.1, -0.05) is 30.1 Å². The van der Waals surface area contributed by atoms with Gasteiger partial charge < -0.3 is 10.1 Å². The number of rotatable bonds is 6. The molecule has 96 valence electrons. The van der Waals surface area contributed by atoms with Gasteiger partial charge in [-0.15, -0.1) is 0 Å². The van der Waals surface area contributed by atoms with Crippen LogP contribution in [0, 0.1) is 0 Å². The van der Waals surface area contributed by atoms with Crippen LogP contribution in [-0.4, -0.2) is 12.6 Å². The number of hydrogen-bond donors (Lipinski definition) is 1. The van der Waals surface area contributed by atoms with E-state index in [1.807, 2.05) is 19.1 Å². The molecule has 1 rings (SSSR count). The van der Waals surface area contributed by atoms with Crippen LogP contribution in [-0.2, 0) is 6.54 Å². The van der Waals surface area contributed by atoms with Gasteiger partial charge in [0.05, 0.1) is 16.7 Å². The molecule has 0 heterocycles. The van der Waals surface area contributed by atoms with Crippen molar-refractivity contribution in [3.63, 3.8) is 0 Å². The molecule has 2 nitrogen and oxygen atoms in total. The predicted molar refractivity (Wildman–Crippen MR) is 74.2 cm³/mol. The lowest BCUT2D eigenvalue weighted by Crippen LogP contribution is -2.24. The Hall–Kier alpha value is -0.440. The summed E-state index contributed by atoms with van der Waals surface area (Å²) in [6.45, 7) is 7.53. The molecule has 0 saturated carbocycles. The Bertz CT molecular complexity index is 345. The van der Waals surface area contributed by atoms with E-state index in [1.165, 1.54) is 0 Å². The van der Waals surface area contributed by atoms with E-state index in [1.54, 1.807) is 0 Å². The van der Waals surface area contributed by atoms with E-state index < -0.39 is 0 Å². The van der Waals surface area contributed by atoms with Crippen molar-refractivity contribution in [3.8, 4) is 5.75 Å². The Morgan fingerprint density at radius 3 is 2.29 bits per heavy atom. The van der Waals surface area contributed by atoms with Crippen molar-refractivity contribution in [1.82, 2.24) is 5.32 Å². The van der Waals surface area contributed by atoms with Crippen LogP contribution in [0.15, 0.2) is 12.1 Å². The highest BCUT2D eigenvalue weighted by atomic mass is 35.5. The fourth-order valence-corrected chi connectivity index (χ4v) is 2.07. The standard InChI is InChI=1S/C13H19Cl2NO/c1-4-9(3)16-8-10-6-11(14)13(17-5-2)12(15)7-10/h6-7,9,16H,4-5,8H2,1-3H3/t9-/m1/s1. The fraction of sp³-hybridized carbons (Fsp3) is 0.538. The van der Waals surface area contributed by atoms with Crippen molar-refractivity contribution >= 4 is 23.2 Å². The van der Waals surface area contributed by atoms with Gasteiger partial charge in [0.15, 0.2) is 5.75 Å². The molecule has 0 aromatic heterocycles. The second-order valence-corrected chi connectivity index (χ2v) is 4.83. The number of nitrogens with one attached hydrogen (secondary N) is 1. The Morgan fingerprint density at radius 1 is 1.24 bits per heavy atom. The molecular formula is C13H19Cl2NO. The summed E-state index contributed by atoms with van der Waals surface area (Å²) in [5.74, 6) is 0.572. The average molecular weight is 276 g/mol. The number of halogens is 2. The summed E-state index contributed by atoms with van der Waals surface area (Å²) in [6, 6.07) is 4.28. The Labute approximate surface area is 113 Å². The Balaban J connectivity index is 2.76. The van der Waals surface area contributed by atoms with Gasteiger partial charge >= 0.3 is 0 Å². The fourth-order valence-electron chi connectivity index (χ4n) is 1.43. The topological polar surface area (TPSA) is 21.3 Å². The molecule has 0 fully saturated rings. The minimum atomic E-state index is 0.485. The van der Waals surface area contributed by atoms with Crippen molar-refractivity contribution in [3.05, 3.63) is 27.7 Å². The summed E-state index contributed by atoms with van der Waals surface area (Å²) in [6.07, 6.45) is 1.10. The van der Waals surface area contributed by atoms with Crippen molar-refractivity contribution < 1.29 is 4.74 Å². The van der Waals surface area contributed by atoms with Crippen molar-refractivity contribution in [1.29, 1.82) is 0 Å². The van der Waals surface area contributed by atoms with E-state index >= 15 is 0 Å². The zero-order valence-electron chi connectivity index (χ0n) is 10.5. The molecule has 0 aliphatic carbocycles. The van der Waals surface area contributed by atoms with Crippen molar-refractivity contribution in [2.45, 2.75) is 39.8 Å². The molecule has 0 aliphatic rings. The molecular weight excluding hydrogens is 257 g/mol. The Kier molecular flexibility index (Phi) is 6.10. The molecule has 0 radical (unpaired) electrons. The molecule has 0 spiro atoms. The first-order chi connectivity index (χ1) is 8.08. The van der Waals surface area contributed by atoms with Crippen LogP contribution in [0.25, 0.3) is 0 Å². The maximum Gasteiger partial charge on any atom is 0.156 e. The second-order valence-electron chi connectivity index (χ2n) is 4.01. The first-order valence-electron chi connectivity index (χ1n) is 5.92. The van der Waals surface area contributed by atoms with Crippen LogP contribution in [0.5, 0.6) is 5.75 Å². The molecule has 4 heteroatoms. The lowest BCUT2D eigenvalue weighted by Gasteiger charge is -2.13. The van der Waals surface area contributed by atoms with E-state index in [4.69, 9.17) is 27.9 Å². The van der Waals surface area contributed by atoms with Gasteiger partial charge in [-0.05, 0) is 38.0 Å². The molecule has 17 heavy (non-hydrogen) atoms. The molecule has 0 saturated heterocycles. The lowest BCUT2D eigenvalue weighted by atomic mass is 10.2. The molecule has 0 amide bonds. The molecule has 1 aromatic carbocycles. The summed E-state index contributed by atoms with van der Waals surface area (Å²) >= 11 is 12.3. The number of ether oxygens (including phenoxy) is 1. The van der Waals surface area contributed by atoms with E-state index in [2.05, 4.69) is 19.2 Å². The molecule has 0 bridgehead atoms. The number of hydrogen-bond acceptors (Lipinski definition) is 2. The third-order valence-electron chi connectivity index (χ3n) is 2.61. The lowest BCUT2D eigenvalue weighted by molar-refractivity contribution is 0.340. The normalized spacial score (nSPS) is 12.5. The van der Waals surface area contributed by atoms with Gasteiger partial charge in [0.25, 0.3) is 0 Å². The molecule has 0 aliphatic heterocycles. The zero-order valence-corrected chi connectivity index (χ0v) is 12.0. The largest absolute Gasteiger partial charge is 0.491 e. The Morgan fingerprint density at radius 2 is 1.82 bits per heavy atom. The van der Waals surface area contributed by atoms with Gasteiger partial charge in [-0.2, -0.15) is 0 Å². The summed E-state index contributed by atoms with van der Waals surface area (Å²) in [5.41, 5.74) is 1.07. The van der Waals surface area contributed by atoms with Gasteiger partial charge in [0.2, 0.25) is 0 Å². The van der Waals surface area contributed by atoms with E-state index in [0.29, 0.717) is 28.4 Å². The smallest absolute Gasteiger partial charge is 0.156 e. The quantitative estimate of drug-likeness (QED) is 0.837. The highest BCUT2D eigenvalue weighted by Gasteiger charge is 2.09. The third-order valence-corrected chi connectivity index (χ3v) is 3.18. The summed E-state index contributed by atoms with van der Waals surface area (Å²) in [5, 5.41) is 4.54. The van der Waals surface area contributed by atoms with Crippen LogP contribution < -0.4 is 10.1 Å². The van der Waals surface area contributed by atoms with Crippen LogP contribution in [0.1, 0.15) is 32.8 Å². The molecule has 1 N–H and O–H groups in total. The summed E-state index contributed by atoms with van der Waals surface area (Å²) < 4.78 is 5.38. The van der Waals surface area contributed by atoms with Crippen LogP contribution in [0.3, 0.4) is 0 Å². The predicted octanol–water partition coefficient (Wildman–Crippen LogP) is 4.28. The molecule has 1 aromatic rings. The minimum absolute atomic E-state index is 0.485. The molecule has 0 unspecified atom stereocenters. The zero-order chi connectivity index (χ0) is 12.8. The van der Waals surface area contributed by atoms with E-state index in [-0.39, 0.29) is 0 Å². The number of benzene rings is 1. The maximum atomic E-state index is 6.13. The van der Waals surface area contributed by atoms with Crippen molar-refractivity contribution in [2.75, 3.05) is 6.61 Å². The summed E-state index contributed by atoms with van der Waals surface area (Å²) in [4.78, 5) is 0. The van der Waals surface area contributed by atoms with Gasteiger partial charge in [0.1, 0.15) is 0 Å². The SMILES string of the molecule is CCOc1c(Cl)cc(CN[C@H](C)CC)cc1Cl. The monoisotopic (exact) mass is 275 g/mol. The van der Waals surface area contributed by atoms with Gasteiger partial charge in [-0.3, -0.25) is 0 Å². The van der Waals surface area contributed by atoms with Gasteiger partial charge in [0, 0.05) is 12.6 Å². The van der Waals surface area contributed by atoms with Crippen LogP contribution in [0.2, 0.25) is 10.0 Å². The van der Waals surface area contributed by atoms with Gasteiger partial charge in [-0.25, -0.2) is 0 Å². The first kappa shape index (κ1) is 14.6. The maximum absolute atomic E-state index is 6.13. The average Bonchev–Trinajstić information content (AvgIpc) is 2.30. The van der Waals surface area contributed by atoms with Crippen molar-refractivity contribution in [2.24, 2.45) is 0 Å². The molecule has 1 atom stereocenters.